The summed E-state index contributed by atoms with van der Waals surface area (Å²) >= 11 is 1.98. The van der Waals surface area contributed by atoms with Gasteiger partial charge in [-0.1, -0.05) is 18.2 Å². The SMILES string of the molecule is CC(N)Cc1cccc2c1SCC2. The number of rotatable bonds is 2. The van der Waals surface area contributed by atoms with E-state index in [2.05, 4.69) is 25.1 Å². The van der Waals surface area contributed by atoms with Crippen LogP contribution in [0, 0.1) is 0 Å². The average Bonchev–Trinajstić information content (AvgIpc) is 2.51. The Morgan fingerprint density at radius 2 is 2.38 bits per heavy atom. The second kappa shape index (κ2) is 3.72. The average molecular weight is 193 g/mol. The van der Waals surface area contributed by atoms with Gasteiger partial charge in [-0.15, -0.1) is 11.8 Å². The molecule has 0 bridgehead atoms. The van der Waals surface area contributed by atoms with Gasteiger partial charge in [-0.3, -0.25) is 0 Å². The van der Waals surface area contributed by atoms with Crippen molar-refractivity contribution in [2.75, 3.05) is 5.75 Å². The molecule has 1 heterocycles. The third-order valence-electron chi connectivity index (χ3n) is 2.34. The molecule has 13 heavy (non-hydrogen) atoms. The Morgan fingerprint density at radius 1 is 1.54 bits per heavy atom. The lowest BCUT2D eigenvalue weighted by atomic mass is 10.0. The maximum absolute atomic E-state index is 5.81. The zero-order valence-electron chi connectivity index (χ0n) is 7.92. The van der Waals surface area contributed by atoms with Crippen LogP contribution in [0.1, 0.15) is 18.1 Å². The molecule has 0 aliphatic carbocycles. The fourth-order valence-corrected chi connectivity index (χ4v) is 3.01. The van der Waals surface area contributed by atoms with Crippen LogP contribution in [0.25, 0.3) is 0 Å². The Bertz CT molecular complexity index is 307. The zero-order valence-corrected chi connectivity index (χ0v) is 8.73. The van der Waals surface area contributed by atoms with Gasteiger partial charge in [-0.2, -0.15) is 0 Å². The van der Waals surface area contributed by atoms with Crippen molar-refractivity contribution in [1.82, 2.24) is 0 Å². The Balaban J connectivity index is 2.30. The molecule has 1 aliphatic heterocycles. The Morgan fingerprint density at radius 3 is 3.15 bits per heavy atom. The molecule has 0 spiro atoms. The number of hydrogen-bond donors (Lipinski definition) is 1. The molecule has 2 rings (SSSR count). The molecule has 1 unspecified atom stereocenters. The van der Waals surface area contributed by atoms with Gasteiger partial charge in [-0.05, 0) is 30.9 Å². The Hall–Kier alpha value is -0.470. The summed E-state index contributed by atoms with van der Waals surface area (Å²) in [5.74, 6) is 1.24. The highest BCUT2D eigenvalue weighted by Crippen LogP contribution is 2.34. The third kappa shape index (κ3) is 1.89. The van der Waals surface area contributed by atoms with Crippen LogP contribution in [0.2, 0.25) is 0 Å². The van der Waals surface area contributed by atoms with Gasteiger partial charge in [0.1, 0.15) is 0 Å². The predicted molar refractivity (Wildman–Crippen MR) is 58.2 cm³/mol. The van der Waals surface area contributed by atoms with E-state index in [9.17, 15) is 0 Å². The van der Waals surface area contributed by atoms with Crippen molar-refractivity contribution in [2.24, 2.45) is 5.73 Å². The molecule has 0 amide bonds. The van der Waals surface area contributed by atoms with Crippen molar-refractivity contribution < 1.29 is 0 Å². The van der Waals surface area contributed by atoms with Gasteiger partial charge < -0.3 is 5.73 Å². The number of thioether (sulfide) groups is 1. The maximum atomic E-state index is 5.81. The summed E-state index contributed by atoms with van der Waals surface area (Å²) in [6.45, 7) is 2.07. The van der Waals surface area contributed by atoms with E-state index in [4.69, 9.17) is 5.73 Å². The molecule has 1 aromatic carbocycles. The molecule has 0 fully saturated rings. The fourth-order valence-electron chi connectivity index (χ4n) is 1.79. The van der Waals surface area contributed by atoms with Crippen LogP contribution in [0.15, 0.2) is 23.1 Å². The number of hydrogen-bond acceptors (Lipinski definition) is 2. The predicted octanol–water partition coefficient (Wildman–Crippen LogP) is 2.22. The highest BCUT2D eigenvalue weighted by Gasteiger charge is 2.15. The molecule has 1 aromatic rings. The fraction of sp³-hybridized carbons (Fsp3) is 0.455. The molecule has 0 saturated carbocycles. The lowest BCUT2D eigenvalue weighted by molar-refractivity contribution is 0.728. The van der Waals surface area contributed by atoms with Crippen molar-refractivity contribution in [3.8, 4) is 0 Å². The van der Waals surface area contributed by atoms with E-state index in [1.165, 1.54) is 28.2 Å². The lowest BCUT2D eigenvalue weighted by Gasteiger charge is -2.09. The van der Waals surface area contributed by atoms with Gasteiger partial charge >= 0.3 is 0 Å². The highest BCUT2D eigenvalue weighted by molar-refractivity contribution is 7.99. The van der Waals surface area contributed by atoms with Crippen LogP contribution in [0.5, 0.6) is 0 Å². The topological polar surface area (TPSA) is 26.0 Å². The van der Waals surface area contributed by atoms with Gasteiger partial charge in [0.25, 0.3) is 0 Å². The van der Waals surface area contributed by atoms with Crippen LogP contribution in [0.3, 0.4) is 0 Å². The minimum atomic E-state index is 0.271. The molecular weight excluding hydrogens is 178 g/mol. The first-order valence-corrected chi connectivity index (χ1v) is 5.75. The first-order valence-electron chi connectivity index (χ1n) is 4.76. The molecule has 70 valence electrons. The lowest BCUT2D eigenvalue weighted by Crippen LogP contribution is -2.18. The largest absolute Gasteiger partial charge is 0.328 e. The molecule has 0 aromatic heterocycles. The molecule has 2 heteroatoms. The molecule has 1 aliphatic rings. The summed E-state index contributed by atoms with van der Waals surface area (Å²) in [6.07, 6.45) is 2.24. The van der Waals surface area contributed by atoms with Crippen molar-refractivity contribution >= 4 is 11.8 Å². The first kappa shape index (κ1) is 9.10. The van der Waals surface area contributed by atoms with Crippen molar-refractivity contribution in [2.45, 2.75) is 30.7 Å². The van der Waals surface area contributed by atoms with E-state index < -0.39 is 0 Å². The van der Waals surface area contributed by atoms with Crippen LogP contribution >= 0.6 is 11.8 Å². The summed E-state index contributed by atoms with van der Waals surface area (Å²) in [5.41, 5.74) is 8.77. The van der Waals surface area contributed by atoms with E-state index in [0.717, 1.165) is 6.42 Å². The van der Waals surface area contributed by atoms with E-state index in [-0.39, 0.29) is 6.04 Å². The number of fused-ring (bicyclic) bond motifs is 1. The summed E-state index contributed by atoms with van der Waals surface area (Å²) in [7, 11) is 0. The van der Waals surface area contributed by atoms with Crippen molar-refractivity contribution in [1.29, 1.82) is 0 Å². The van der Waals surface area contributed by atoms with Crippen LogP contribution in [-0.4, -0.2) is 11.8 Å². The minimum absolute atomic E-state index is 0.271. The molecule has 1 nitrogen and oxygen atoms in total. The van der Waals surface area contributed by atoms with E-state index in [0.29, 0.717) is 0 Å². The van der Waals surface area contributed by atoms with Crippen molar-refractivity contribution in [3.05, 3.63) is 29.3 Å². The summed E-state index contributed by atoms with van der Waals surface area (Å²) in [4.78, 5) is 1.50. The quantitative estimate of drug-likeness (QED) is 0.779. The Labute approximate surface area is 83.7 Å². The van der Waals surface area contributed by atoms with Crippen LogP contribution < -0.4 is 5.73 Å². The second-order valence-corrected chi connectivity index (χ2v) is 4.79. The third-order valence-corrected chi connectivity index (χ3v) is 3.56. The smallest absolute Gasteiger partial charge is 0.0137 e. The van der Waals surface area contributed by atoms with Gasteiger partial charge in [-0.25, -0.2) is 0 Å². The van der Waals surface area contributed by atoms with E-state index in [1.807, 2.05) is 11.8 Å². The van der Waals surface area contributed by atoms with Gasteiger partial charge in [0.05, 0.1) is 0 Å². The first-order chi connectivity index (χ1) is 6.27. The molecule has 1 atom stereocenters. The van der Waals surface area contributed by atoms with Crippen molar-refractivity contribution in [3.63, 3.8) is 0 Å². The summed E-state index contributed by atoms with van der Waals surface area (Å²) < 4.78 is 0. The minimum Gasteiger partial charge on any atom is -0.328 e. The zero-order chi connectivity index (χ0) is 9.26. The van der Waals surface area contributed by atoms with Gasteiger partial charge in [0, 0.05) is 16.7 Å². The molecule has 0 saturated heterocycles. The van der Waals surface area contributed by atoms with Crippen LogP contribution in [0.4, 0.5) is 0 Å². The van der Waals surface area contributed by atoms with Gasteiger partial charge in [0.15, 0.2) is 0 Å². The molecule has 0 radical (unpaired) electrons. The monoisotopic (exact) mass is 193 g/mol. The van der Waals surface area contributed by atoms with E-state index >= 15 is 0 Å². The Kier molecular flexibility index (Phi) is 2.61. The molecule has 2 N–H and O–H groups in total. The standard InChI is InChI=1S/C11H15NS/c1-8(12)7-10-4-2-3-9-5-6-13-11(9)10/h2-4,8H,5-7,12H2,1H3. The number of aryl methyl sites for hydroxylation is 1. The second-order valence-electron chi connectivity index (χ2n) is 3.69. The van der Waals surface area contributed by atoms with Gasteiger partial charge in [0.2, 0.25) is 0 Å². The van der Waals surface area contributed by atoms with Crippen LogP contribution in [-0.2, 0) is 12.8 Å². The number of nitrogens with two attached hydrogens (primary N) is 1. The maximum Gasteiger partial charge on any atom is 0.0137 e. The van der Waals surface area contributed by atoms with E-state index in [1.54, 1.807) is 0 Å². The summed E-state index contributed by atoms with van der Waals surface area (Å²) in [5, 5.41) is 0. The normalized spacial score (nSPS) is 17.1. The summed E-state index contributed by atoms with van der Waals surface area (Å²) in [6, 6.07) is 6.87. The molecular formula is C11H15NS. The number of benzene rings is 1. The highest BCUT2D eigenvalue weighted by atomic mass is 32.2.